The maximum atomic E-state index is 5.89. The Hall–Kier alpha value is -1.06. The van der Waals surface area contributed by atoms with E-state index in [4.69, 9.17) is 17.3 Å². The van der Waals surface area contributed by atoms with Crippen LogP contribution >= 0.6 is 22.9 Å². The van der Waals surface area contributed by atoms with Crippen LogP contribution in [0.15, 0.2) is 29.9 Å². The summed E-state index contributed by atoms with van der Waals surface area (Å²) >= 11 is 7.47. The molecule has 0 saturated heterocycles. The number of benzene rings is 1. The molecular weight excluding hydrogens is 204 g/mol. The standard InChI is InChI=1S/C9H7ClN2S/c10-7-3-6(1-2-8(7)11)9-4-12-5-13-9/h1-5H,11H2. The zero-order chi connectivity index (χ0) is 9.26. The van der Waals surface area contributed by atoms with Gasteiger partial charge in [0, 0.05) is 6.20 Å². The first kappa shape index (κ1) is 8.53. The van der Waals surface area contributed by atoms with Gasteiger partial charge in [0.2, 0.25) is 0 Å². The Kier molecular flexibility index (Phi) is 2.20. The van der Waals surface area contributed by atoms with Crippen LogP contribution < -0.4 is 5.73 Å². The molecular formula is C9H7ClN2S. The van der Waals surface area contributed by atoms with Gasteiger partial charge in [-0.05, 0) is 17.7 Å². The molecule has 66 valence electrons. The SMILES string of the molecule is Nc1ccc(-c2cncs2)cc1Cl. The van der Waals surface area contributed by atoms with Gasteiger partial charge in [-0.1, -0.05) is 17.7 Å². The number of hydrogen-bond acceptors (Lipinski definition) is 3. The van der Waals surface area contributed by atoms with Crippen molar-refractivity contribution in [3.8, 4) is 10.4 Å². The largest absolute Gasteiger partial charge is 0.398 e. The Morgan fingerprint density at radius 1 is 1.38 bits per heavy atom. The molecule has 0 aliphatic heterocycles. The molecule has 0 aliphatic rings. The fourth-order valence-corrected chi connectivity index (χ4v) is 1.84. The Morgan fingerprint density at radius 2 is 2.23 bits per heavy atom. The van der Waals surface area contributed by atoms with Gasteiger partial charge in [0.1, 0.15) is 0 Å². The third-order valence-electron chi connectivity index (χ3n) is 1.72. The summed E-state index contributed by atoms with van der Waals surface area (Å²) in [5.41, 5.74) is 9.05. The van der Waals surface area contributed by atoms with Crippen LogP contribution in [0.25, 0.3) is 10.4 Å². The quantitative estimate of drug-likeness (QED) is 0.735. The molecule has 0 amide bonds. The van der Waals surface area contributed by atoms with Crippen LogP contribution in [0.1, 0.15) is 0 Å². The summed E-state index contributed by atoms with van der Waals surface area (Å²) in [7, 11) is 0. The maximum Gasteiger partial charge on any atom is 0.0797 e. The second-order valence-corrected chi connectivity index (χ2v) is 3.90. The lowest BCUT2D eigenvalue weighted by Gasteiger charge is -2.00. The van der Waals surface area contributed by atoms with Crippen LogP contribution in [-0.2, 0) is 0 Å². The molecule has 2 aromatic rings. The highest BCUT2D eigenvalue weighted by Crippen LogP contribution is 2.28. The van der Waals surface area contributed by atoms with E-state index in [-0.39, 0.29) is 0 Å². The molecule has 0 fully saturated rings. The van der Waals surface area contributed by atoms with Crippen LogP contribution in [0.3, 0.4) is 0 Å². The molecule has 0 aliphatic carbocycles. The molecule has 1 heterocycles. The van der Waals surface area contributed by atoms with E-state index in [0.29, 0.717) is 10.7 Å². The summed E-state index contributed by atoms with van der Waals surface area (Å²) in [5, 5.41) is 0.589. The van der Waals surface area contributed by atoms with Crippen LogP contribution in [0.4, 0.5) is 5.69 Å². The summed E-state index contributed by atoms with van der Waals surface area (Å²) in [6, 6.07) is 5.59. The van der Waals surface area contributed by atoms with E-state index in [1.54, 1.807) is 22.9 Å². The Labute approximate surface area is 85.0 Å². The number of thiazole rings is 1. The number of hydrogen-bond donors (Lipinski definition) is 1. The molecule has 2 N–H and O–H groups in total. The molecule has 2 nitrogen and oxygen atoms in total. The van der Waals surface area contributed by atoms with Crippen molar-refractivity contribution in [1.29, 1.82) is 0 Å². The molecule has 1 aromatic carbocycles. The summed E-state index contributed by atoms with van der Waals surface area (Å²) < 4.78 is 0. The van der Waals surface area contributed by atoms with E-state index in [1.165, 1.54) is 0 Å². The number of halogens is 1. The van der Waals surface area contributed by atoms with Crippen molar-refractivity contribution < 1.29 is 0 Å². The number of anilines is 1. The zero-order valence-corrected chi connectivity index (χ0v) is 8.27. The van der Waals surface area contributed by atoms with Crippen LogP contribution in [0.2, 0.25) is 5.02 Å². The van der Waals surface area contributed by atoms with E-state index in [1.807, 2.05) is 18.3 Å². The highest BCUT2D eigenvalue weighted by molar-refractivity contribution is 7.13. The van der Waals surface area contributed by atoms with Gasteiger partial charge in [-0.25, -0.2) is 0 Å². The predicted molar refractivity (Wildman–Crippen MR) is 57.0 cm³/mol. The van der Waals surface area contributed by atoms with Gasteiger partial charge in [-0.3, -0.25) is 4.98 Å². The second kappa shape index (κ2) is 3.36. The minimum atomic E-state index is 0.589. The van der Waals surface area contributed by atoms with Crippen molar-refractivity contribution in [3.63, 3.8) is 0 Å². The smallest absolute Gasteiger partial charge is 0.0797 e. The number of aromatic nitrogens is 1. The molecule has 0 radical (unpaired) electrons. The number of nitrogens with two attached hydrogens (primary N) is 1. The van der Waals surface area contributed by atoms with Crippen molar-refractivity contribution in [2.45, 2.75) is 0 Å². The molecule has 1 aromatic heterocycles. The Bertz CT molecular complexity index is 412. The average molecular weight is 211 g/mol. The number of rotatable bonds is 1. The summed E-state index contributed by atoms with van der Waals surface area (Å²) in [6.07, 6.45) is 1.81. The zero-order valence-electron chi connectivity index (χ0n) is 6.70. The van der Waals surface area contributed by atoms with Gasteiger partial charge >= 0.3 is 0 Å². The first-order chi connectivity index (χ1) is 6.27. The van der Waals surface area contributed by atoms with Gasteiger partial charge in [-0.15, -0.1) is 11.3 Å². The normalized spacial score (nSPS) is 10.2. The van der Waals surface area contributed by atoms with Gasteiger partial charge in [0.25, 0.3) is 0 Å². The van der Waals surface area contributed by atoms with Crippen LogP contribution in [-0.4, -0.2) is 4.98 Å². The first-order valence-electron chi connectivity index (χ1n) is 3.71. The minimum Gasteiger partial charge on any atom is -0.398 e. The average Bonchev–Trinajstić information content (AvgIpc) is 2.62. The van der Waals surface area contributed by atoms with E-state index >= 15 is 0 Å². The lowest BCUT2D eigenvalue weighted by molar-refractivity contribution is 1.42. The van der Waals surface area contributed by atoms with Crippen LogP contribution in [0, 0.1) is 0 Å². The first-order valence-corrected chi connectivity index (χ1v) is 4.97. The molecule has 4 heteroatoms. The van der Waals surface area contributed by atoms with Crippen molar-refractivity contribution in [1.82, 2.24) is 4.98 Å². The second-order valence-electron chi connectivity index (χ2n) is 2.60. The molecule has 0 atom stereocenters. The summed E-state index contributed by atoms with van der Waals surface area (Å²) in [5.74, 6) is 0. The van der Waals surface area contributed by atoms with Gasteiger partial charge in [0.15, 0.2) is 0 Å². The number of nitrogens with zero attached hydrogens (tertiary/aromatic N) is 1. The fraction of sp³-hybridized carbons (Fsp3) is 0. The van der Waals surface area contributed by atoms with Crippen LogP contribution in [0.5, 0.6) is 0 Å². The highest BCUT2D eigenvalue weighted by atomic mass is 35.5. The summed E-state index contributed by atoms with van der Waals surface area (Å²) in [6.45, 7) is 0. The molecule has 13 heavy (non-hydrogen) atoms. The minimum absolute atomic E-state index is 0.589. The molecule has 0 unspecified atom stereocenters. The molecule has 0 saturated carbocycles. The molecule has 0 spiro atoms. The third kappa shape index (κ3) is 1.66. The van der Waals surface area contributed by atoms with Crippen molar-refractivity contribution in [3.05, 3.63) is 34.9 Å². The molecule has 0 bridgehead atoms. The van der Waals surface area contributed by atoms with Crippen molar-refractivity contribution in [2.75, 3.05) is 5.73 Å². The lowest BCUT2D eigenvalue weighted by Crippen LogP contribution is -1.85. The lowest BCUT2D eigenvalue weighted by atomic mass is 10.2. The van der Waals surface area contributed by atoms with E-state index in [2.05, 4.69) is 4.98 Å². The van der Waals surface area contributed by atoms with Gasteiger partial charge < -0.3 is 5.73 Å². The van der Waals surface area contributed by atoms with E-state index < -0.39 is 0 Å². The highest BCUT2D eigenvalue weighted by Gasteiger charge is 2.01. The predicted octanol–water partition coefficient (Wildman–Crippen LogP) is 3.05. The maximum absolute atomic E-state index is 5.89. The van der Waals surface area contributed by atoms with Crippen molar-refractivity contribution in [2.24, 2.45) is 0 Å². The fourth-order valence-electron chi connectivity index (χ4n) is 1.04. The van der Waals surface area contributed by atoms with Gasteiger partial charge in [-0.2, -0.15) is 0 Å². The van der Waals surface area contributed by atoms with E-state index in [9.17, 15) is 0 Å². The molecule has 2 rings (SSSR count). The van der Waals surface area contributed by atoms with Gasteiger partial charge in [0.05, 0.1) is 21.1 Å². The Balaban J connectivity index is 2.49. The van der Waals surface area contributed by atoms with E-state index in [0.717, 1.165) is 10.4 Å². The topological polar surface area (TPSA) is 38.9 Å². The summed E-state index contributed by atoms with van der Waals surface area (Å²) in [4.78, 5) is 5.09. The van der Waals surface area contributed by atoms with Crippen molar-refractivity contribution >= 4 is 28.6 Å². The monoisotopic (exact) mass is 210 g/mol. The third-order valence-corrected chi connectivity index (χ3v) is 2.87. The Morgan fingerprint density at radius 3 is 2.85 bits per heavy atom. The number of nitrogen functional groups attached to an aromatic ring is 1.